The molecule has 0 saturated heterocycles. The smallest absolute Gasteiger partial charge is 0.00233 e. The van der Waals surface area contributed by atoms with E-state index < -0.39 is 0 Å². The molecular weight excluding hydrogens is 158 g/mol. The fourth-order valence-electron chi connectivity index (χ4n) is 1.70. The lowest BCUT2D eigenvalue weighted by molar-refractivity contribution is 0.398. The summed E-state index contributed by atoms with van der Waals surface area (Å²) in [4.78, 5) is 0. The number of rotatable bonds is 8. The van der Waals surface area contributed by atoms with Crippen LogP contribution in [0.2, 0.25) is 0 Å². The average Bonchev–Trinajstić information content (AvgIpc) is 2.12. The molecule has 2 unspecified atom stereocenters. The van der Waals surface area contributed by atoms with Crippen LogP contribution in [0.3, 0.4) is 0 Å². The summed E-state index contributed by atoms with van der Waals surface area (Å²) in [7, 11) is 0. The van der Waals surface area contributed by atoms with E-state index in [0.29, 0.717) is 0 Å². The second kappa shape index (κ2) is 8.55. The Bertz CT molecular complexity index is 101. The van der Waals surface area contributed by atoms with Crippen LogP contribution >= 0.6 is 0 Å². The molecule has 0 aliphatic carbocycles. The van der Waals surface area contributed by atoms with E-state index in [4.69, 9.17) is 0 Å². The van der Waals surface area contributed by atoms with E-state index in [1.54, 1.807) is 0 Å². The number of nitrogens with one attached hydrogen (secondary N) is 1. The summed E-state index contributed by atoms with van der Waals surface area (Å²) in [6.07, 6.45) is 5.52. The Morgan fingerprint density at radius 2 is 1.54 bits per heavy atom. The first kappa shape index (κ1) is 13.0. The SMILES string of the molecule is CCCC(C)CCC(C)CNCC. The lowest BCUT2D eigenvalue weighted by atomic mass is 9.95. The van der Waals surface area contributed by atoms with Gasteiger partial charge in [0.1, 0.15) is 0 Å². The Balaban J connectivity index is 3.29. The third kappa shape index (κ3) is 8.29. The third-order valence-corrected chi connectivity index (χ3v) is 2.68. The Labute approximate surface area is 84.3 Å². The van der Waals surface area contributed by atoms with E-state index in [9.17, 15) is 0 Å². The molecule has 0 aliphatic rings. The van der Waals surface area contributed by atoms with E-state index in [0.717, 1.165) is 18.4 Å². The van der Waals surface area contributed by atoms with Crippen molar-refractivity contribution in [2.45, 2.75) is 53.4 Å². The molecule has 0 aromatic heterocycles. The minimum absolute atomic E-state index is 0.847. The zero-order valence-electron chi connectivity index (χ0n) is 9.90. The lowest BCUT2D eigenvalue weighted by Crippen LogP contribution is -2.20. The Morgan fingerprint density at radius 1 is 0.923 bits per heavy atom. The van der Waals surface area contributed by atoms with E-state index in [1.165, 1.54) is 32.2 Å². The zero-order chi connectivity index (χ0) is 10.1. The molecule has 1 N–H and O–H groups in total. The molecule has 0 aliphatic heterocycles. The first-order valence-corrected chi connectivity index (χ1v) is 5.91. The average molecular weight is 185 g/mol. The van der Waals surface area contributed by atoms with Gasteiger partial charge in [-0.2, -0.15) is 0 Å². The van der Waals surface area contributed by atoms with Crippen molar-refractivity contribution in [2.24, 2.45) is 11.8 Å². The highest BCUT2D eigenvalue weighted by Gasteiger charge is 2.05. The fraction of sp³-hybridized carbons (Fsp3) is 1.00. The van der Waals surface area contributed by atoms with E-state index in [2.05, 4.69) is 33.0 Å². The summed E-state index contributed by atoms with van der Waals surface area (Å²) >= 11 is 0. The van der Waals surface area contributed by atoms with Crippen molar-refractivity contribution in [3.8, 4) is 0 Å². The van der Waals surface area contributed by atoms with Gasteiger partial charge in [-0.3, -0.25) is 0 Å². The largest absolute Gasteiger partial charge is 0.317 e. The maximum atomic E-state index is 3.40. The summed E-state index contributed by atoms with van der Waals surface area (Å²) in [6.45, 7) is 11.5. The first-order chi connectivity index (χ1) is 6.20. The second-order valence-electron chi connectivity index (χ2n) is 4.38. The lowest BCUT2D eigenvalue weighted by Gasteiger charge is -2.15. The van der Waals surface area contributed by atoms with Crippen molar-refractivity contribution in [2.75, 3.05) is 13.1 Å². The van der Waals surface area contributed by atoms with Crippen molar-refractivity contribution >= 4 is 0 Å². The van der Waals surface area contributed by atoms with Crippen LogP contribution in [0.1, 0.15) is 53.4 Å². The van der Waals surface area contributed by atoms with E-state index in [-0.39, 0.29) is 0 Å². The number of hydrogen-bond acceptors (Lipinski definition) is 1. The van der Waals surface area contributed by atoms with Gasteiger partial charge in [0.05, 0.1) is 0 Å². The summed E-state index contributed by atoms with van der Waals surface area (Å²) in [6, 6.07) is 0. The van der Waals surface area contributed by atoms with Gasteiger partial charge in [-0.1, -0.05) is 47.0 Å². The van der Waals surface area contributed by atoms with E-state index >= 15 is 0 Å². The van der Waals surface area contributed by atoms with Gasteiger partial charge in [-0.25, -0.2) is 0 Å². The molecule has 0 heterocycles. The molecule has 0 aromatic rings. The van der Waals surface area contributed by atoms with Crippen LogP contribution in [0.5, 0.6) is 0 Å². The van der Waals surface area contributed by atoms with E-state index in [1.807, 2.05) is 0 Å². The Morgan fingerprint density at radius 3 is 2.08 bits per heavy atom. The molecule has 0 rings (SSSR count). The first-order valence-electron chi connectivity index (χ1n) is 5.91. The van der Waals surface area contributed by atoms with Crippen molar-refractivity contribution in [1.29, 1.82) is 0 Å². The minimum Gasteiger partial charge on any atom is -0.317 e. The highest BCUT2D eigenvalue weighted by atomic mass is 14.8. The van der Waals surface area contributed by atoms with Gasteiger partial charge in [0.15, 0.2) is 0 Å². The van der Waals surface area contributed by atoms with Crippen molar-refractivity contribution in [3.05, 3.63) is 0 Å². The molecule has 0 amide bonds. The molecule has 0 saturated carbocycles. The highest BCUT2D eigenvalue weighted by Crippen LogP contribution is 2.15. The topological polar surface area (TPSA) is 12.0 Å². The molecule has 1 heteroatoms. The second-order valence-corrected chi connectivity index (χ2v) is 4.38. The zero-order valence-corrected chi connectivity index (χ0v) is 9.90. The molecule has 0 aromatic carbocycles. The third-order valence-electron chi connectivity index (χ3n) is 2.68. The normalized spacial score (nSPS) is 15.7. The van der Waals surface area contributed by atoms with Gasteiger partial charge in [0.25, 0.3) is 0 Å². The van der Waals surface area contributed by atoms with Crippen LogP contribution in [0, 0.1) is 11.8 Å². The molecule has 0 fully saturated rings. The van der Waals surface area contributed by atoms with Crippen molar-refractivity contribution in [1.82, 2.24) is 5.32 Å². The summed E-state index contributed by atoms with van der Waals surface area (Å²) in [5, 5.41) is 3.40. The summed E-state index contributed by atoms with van der Waals surface area (Å²) in [5.41, 5.74) is 0. The fourth-order valence-corrected chi connectivity index (χ4v) is 1.70. The Kier molecular flexibility index (Phi) is 8.53. The van der Waals surface area contributed by atoms with Gasteiger partial charge in [-0.05, 0) is 31.3 Å². The standard InChI is InChI=1S/C12H27N/c1-5-7-11(3)8-9-12(4)10-13-6-2/h11-13H,5-10H2,1-4H3. The van der Waals surface area contributed by atoms with Crippen LogP contribution in [-0.4, -0.2) is 13.1 Å². The van der Waals surface area contributed by atoms with Crippen LogP contribution in [0.4, 0.5) is 0 Å². The summed E-state index contributed by atoms with van der Waals surface area (Å²) in [5.74, 6) is 1.77. The molecule has 0 radical (unpaired) electrons. The van der Waals surface area contributed by atoms with Gasteiger partial charge in [0, 0.05) is 0 Å². The molecule has 2 atom stereocenters. The predicted molar refractivity (Wildman–Crippen MR) is 61.0 cm³/mol. The van der Waals surface area contributed by atoms with Gasteiger partial charge >= 0.3 is 0 Å². The summed E-state index contributed by atoms with van der Waals surface area (Å²) < 4.78 is 0. The monoisotopic (exact) mass is 185 g/mol. The molecule has 1 nitrogen and oxygen atoms in total. The van der Waals surface area contributed by atoms with Crippen molar-refractivity contribution in [3.63, 3.8) is 0 Å². The quantitative estimate of drug-likeness (QED) is 0.611. The van der Waals surface area contributed by atoms with Crippen molar-refractivity contribution < 1.29 is 0 Å². The molecular formula is C12H27N. The maximum Gasteiger partial charge on any atom is -0.00233 e. The predicted octanol–water partition coefficient (Wildman–Crippen LogP) is 3.45. The Hall–Kier alpha value is -0.0400. The van der Waals surface area contributed by atoms with Gasteiger partial charge < -0.3 is 5.32 Å². The maximum absolute atomic E-state index is 3.40. The highest BCUT2D eigenvalue weighted by molar-refractivity contribution is 4.59. The van der Waals surface area contributed by atoms with Crippen LogP contribution in [0.25, 0.3) is 0 Å². The van der Waals surface area contributed by atoms with Crippen LogP contribution < -0.4 is 5.32 Å². The minimum atomic E-state index is 0.847. The molecule has 13 heavy (non-hydrogen) atoms. The molecule has 0 spiro atoms. The molecule has 80 valence electrons. The van der Waals surface area contributed by atoms with Gasteiger partial charge in [0.2, 0.25) is 0 Å². The number of hydrogen-bond donors (Lipinski definition) is 1. The van der Waals surface area contributed by atoms with Crippen LogP contribution in [-0.2, 0) is 0 Å². The van der Waals surface area contributed by atoms with Gasteiger partial charge in [-0.15, -0.1) is 0 Å². The molecule has 0 bridgehead atoms. The van der Waals surface area contributed by atoms with Crippen LogP contribution in [0.15, 0.2) is 0 Å².